The molecule has 0 aliphatic carbocycles. The molecule has 0 aromatic carbocycles. The van der Waals surface area contributed by atoms with Crippen LogP contribution in [-0.2, 0) is 14.4 Å². The summed E-state index contributed by atoms with van der Waals surface area (Å²) in [6.45, 7) is 10.3. The summed E-state index contributed by atoms with van der Waals surface area (Å²) in [6, 6.07) is 5.80. The Hall–Kier alpha value is -4.31. The number of aromatic nitrogens is 2. The number of hydrogen-bond acceptors (Lipinski definition) is 8. The molecular formula is C25H31F6N5O6. The zero-order valence-electron chi connectivity index (χ0n) is 23.4. The van der Waals surface area contributed by atoms with Crippen LogP contribution in [0.2, 0.25) is 0 Å². The number of ether oxygens (including phenoxy) is 1. The second-order valence-electron chi connectivity index (χ2n) is 8.61. The van der Waals surface area contributed by atoms with E-state index < -0.39 is 24.3 Å². The van der Waals surface area contributed by atoms with E-state index in [1.165, 1.54) is 0 Å². The van der Waals surface area contributed by atoms with Gasteiger partial charge in [-0.1, -0.05) is 13.3 Å². The molecule has 42 heavy (non-hydrogen) atoms. The lowest BCUT2D eigenvalue weighted by Gasteiger charge is -2.34. The Kier molecular flexibility index (Phi) is 12.8. The fraction of sp³-hybridized carbons (Fsp3) is 0.480. The van der Waals surface area contributed by atoms with Gasteiger partial charge in [0.25, 0.3) is 0 Å². The molecule has 2 aromatic heterocycles. The number of pyridine rings is 2. The minimum absolute atomic E-state index is 0.0545. The summed E-state index contributed by atoms with van der Waals surface area (Å²) in [4.78, 5) is 43.8. The SMILES string of the molecule is CCCCN(CC)c1cc(C)nc2c1NC(=O)CN2c1ccc(OC)nc1C.O=C(O)C(F)(F)F.O=C(O)C(F)(F)F. The van der Waals surface area contributed by atoms with E-state index in [9.17, 15) is 31.1 Å². The molecule has 17 heteroatoms. The molecule has 0 bridgehead atoms. The monoisotopic (exact) mass is 611 g/mol. The molecule has 0 unspecified atom stereocenters. The van der Waals surface area contributed by atoms with Crippen LogP contribution in [0.4, 0.5) is 49.2 Å². The quantitative estimate of drug-likeness (QED) is 0.362. The number of methoxy groups -OCH3 is 1. The second kappa shape index (κ2) is 15.1. The fourth-order valence-electron chi connectivity index (χ4n) is 3.53. The molecule has 234 valence electrons. The average Bonchev–Trinajstić information content (AvgIpc) is 2.88. The summed E-state index contributed by atoms with van der Waals surface area (Å²) in [5.41, 5.74) is 4.37. The first-order valence-corrected chi connectivity index (χ1v) is 12.3. The number of carboxylic acids is 2. The third kappa shape index (κ3) is 10.3. The molecule has 0 spiro atoms. The van der Waals surface area contributed by atoms with Gasteiger partial charge in [-0.15, -0.1) is 0 Å². The number of anilines is 4. The zero-order valence-corrected chi connectivity index (χ0v) is 23.4. The number of amides is 1. The van der Waals surface area contributed by atoms with Crippen LogP contribution in [0.3, 0.4) is 0 Å². The third-order valence-electron chi connectivity index (χ3n) is 5.45. The first-order chi connectivity index (χ1) is 19.4. The number of carbonyl (C=O) groups is 3. The van der Waals surface area contributed by atoms with E-state index in [0.29, 0.717) is 5.88 Å². The molecule has 3 rings (SSSR count). The minimum atomic E-state index is -5.08. The molecule has 11 nitrogen and oxygen atoms in total. The largest absolute Gasteiger partial charge is 0.490 e. The molecule has 1 amide bonds. The van der Waals surface area contributed by atoms with Crippen molar-refractivity contribution in [3.63, 3.8) is 0 Å². The predicted octanol–water partition coefficient (Wildman–Crippen LogP) is 5.09. The maximum absolute atomic E-state index is 12.6. The number of rotatable bonds is 7. The lowest BCUT2D eigenvalue weighted by molar-refractivity contribution is -0.193. The van der Waals surface area contributed by atoms with Crippen molar-refractivity contribution >= 4 is 40.7 Å². The smallest absolute Gasteiger partial charge is 0.481 e. The first-order valence-electron chi connectivity index (χ1n) is 12.3. The lowest BCUT2D eigenvalue weighted by Crippen LogP contribution is -2.38. The van der Waals surface area contributed by atoms with Crippen LogP contribution in [0.15, 0.2) is 18.2 Å². The normalized spacial score (nSPS) is 12.5. The zero-order chi connectivity index (χ0) is 32.4. The van der Waals surface area contributed by atoms with Gasteiger partial charge in [0.15, 0.2) is 5.82 Å². The van der Waals surface area contributed by atoms with Crippen molar-refractivity contribution in [2.45, 2.75) is 52.9 Å². The number of aliphatic carboxylic acids is 2. The minimum Gasteiger partial charge on any atom is -0.481 e. The number of carboxylic acid groups (broad SMARTS) is 2. The van der Waals surface area contributed by atoms with Crippen LogP contribution < -0.4 is 19.9 Å². The highest BCUT2D eigenvalue weighted by molar-refractivity contribution is 6.06. The van der Waals surface area contributed by atoms with E-state index in [1.807, 2.05) is 30.9 Å². The van der Waals surface area contributed by atoms with Crippen LogP contribution in [0.25, 0.3) is 0 Å². The number of nitrogens with one attached hydrogen (secondary N) is 1. The highest BCUT2D eigenvalue weighted by Gasteiger charge is 2.39. The predicted molar refractivity (Wildman–Crippen MR) is 140 cm³/mol. The molecule has 0 atom stereocenters. The van der Waals surface area contributed by atoms with Crippen molar-refractivity contribution in [2.24, 2.45) is 0 Å². The number of nitrogens with zero attached hydrogens (tertiary/aromatic N) is 4. The highest BCUT2D eigenvalue weighted by atomic mass is 19.4. The van der Waals surface area contributed by atoms with Gasteiger partial charge in [-0.05, 0) is 39.3 Å². The van der Waals surface area contributed by atoms with Gasteiger partial charge in [-0.2, -0.15) is 26.3 Å². The summed E-state index contributed by atoms with van der Waals surface area (Å²) < 4.78 is 68.7. The van der Waals surface area contributed by atoms with Crippen LogP contribution in [0, 0.1) is 13.8 Å². The number of fused-ring (bicyclic) bond motifs is 1. The van der Waals surface area contributed by atoms with Crippen LogP contribution in [0.1, 0.15) is 38.1 Å². The third-order valence-corrected chi connectivity index (χ3v) is 5.45. The van der Waals surface area contributed by atoms with Gasteiger partial charge in [0.05, 0.1) is 24.2 Å². The summed E-state index contributed by atoms with van der Waals surface area (Å²) in [5, 5.41) is 17.3. The molecule has 0 fully saturated rings. The second-order valence-corrected chi connectivity index (χ2v) is 8.61. The Morgan fingerprint density at radius 2 is 1.60 bits per heavy atom. The molecule has 0 saturated heterocycles. The maximum atomic E-state index is 12.6. The van der Waals surface area contributed by atoms with Gasteiger partial charge < -0.3 is 30.1 Å². The lowest BCUT2D eigenvalue weighted by atomic mass is 10.1. The molecule has 2 aromatic rings. The number of hydrogen-bond donors (Lipinski definition) is 3. The topological polar surface area (TPSA) is 145 Å². The van der Waals surface area contributed by atoms with Crippen LogP contribution in [-0.4, -0.2) is 77.1 Å². The van der Waals surface area contributed by atoms with Crippen molar-refractivity contribution in [2.75, 3.05) is 41.9 Å². The van der Waals surface area contributed by atoms with Crippen molar-refractivity contribution in [1.29, 1.82) is 0 Å². The molecule has 0 saturated carbocycles. The Morgan fingerprint density at radius 3 is 2.02 bits per heavy atom. The van der Waals surface area contributed by atoms with E-state index in [1.54, 1.807) is 7.11 Å². The van der Waals surface area contributed by atoms with Crippen molar-refractivity contribution in [1.82, 2.24) is 9.97 Å². The Morgan fingerprint density at radius 1 is 1.05 bits per heavy atom. The summed E-state index contributed by atoms with van der Waals surface area (Å²) in [5.74, 6) is -4.25. The van der Waals surface area contributed by atoms with Gasteiger partial charge in [0.1, 0.15) is 12.2 Å². The molecule has 0 radical (unpaired) electrons. The summed E-state index contributed by atoms with van der Waals surface area (Å²) in [7, 11) is 1.60. The van der Waals surface area contributed by atoms with Crippen molar-refractivity contribution < 1.29 is 55.7 Å². The number of aryl methyl sites for hydroxylation is 2. The molecule has 3 heterocycles. The van der Waals surface area contributed by atoms with Gasteiger partial charge >= 0.3 is 24.3 Å². The average molecular weight is 612 g/mol. The number of unbranched alkanes of at least 4 members (excludes halogenated alkanes) is 1. The van der Waals surface area contributed by atoms with E-state index in [2.05, 4.69) is 35.1 Å². The molecule has 1 aliphatic rings. The molecular weight excluding hydrogens is 580 g/mol. The van der Waals surface area contributed by atoms with Gasteiger partial charge in [-0.25, -0.2) is 19.6 Å². The summed E-state index contributed by atoms with van der Waals surface area (Å²) in [6.07, 6.45) is -7.94. The number of carbonyl (C=O) groups excluding carboxylic acids is 1. The maximum Gasteiger partial charge on any atom is 0.490 e. The fourth-order valence-corrected chi connectivity index (χ4v) is 3.53. The Labute approximate surface area is 237 Å². The number of halogens is 6. The van der Waals surface area contributed by atoms with Gasteiger partial charge in [0, 0.05) is 24.8 Å². The van der Waals surface area contributed by atoms with Gasteiger partial charge in [-0.3, -0.25) is 4.79 Å². The standard InChI is InChI=1S/C21H29N5O2.2C2HF3O2/c1-6-8-11-25(7-2)17-12-14(3)22-21-20(17)24-18(27)13-26(21)16-9-10-19(28-5)23-15(16)4;2*3-2(4,5)1(6)7/h9-10,12H,6-8,11,13H2,1-5H3,(H,24,27);2*(H,6,7). The Balaban J connectivity index is 0.000000522. The summed E-state index contributed by atoms with van der Waals surface area (Å²) >= 11 is 0. The van der Waals surface area contributed by atoms with Crippen molar-refractivity contribution in [3.05, 3.63) is 29.6 Å². The van der Waals surface area contributed by atoms with Crippen LogP contribution in [0.5, 0.6) is 5.88 Å². The van der Waals surface area contributed by atoms with E-state index in [0.717, 1.165) is 60.2 Å². The highest BCUT2D eigenvalue weighted by Crippen LogP contribution is 2.41. The first kappa shape index (κ1) is 35.7. The number of alkyl halides is 6. The molecule has 3 N–H and O–H groups in total. The molecule has 1 aliphatic heterocycles. The van der Waals surface area contributed by atoms with Crippen LogP contribution >= 0.6 is 0 Å². The van der Waals surface area contributed by atoms with E-state index in [-0.39, 0.29) is 12.5 Å². The van der Waals surface area contributed by atoms with Gasteiger partial charge in [0.2, 0.25) is 11.8 Å². The van der Waals surface area contributed by atoms with Crippen molar-refractivity contribution in [3.8, 4) is 5.88 Å². The Bertz CT molecular complexity index is 1230. The van der Waals surface area contributed by atoms with E-state index >= 15 is 0 Å². The van der Waals surface area contributed by atoms with E-state index in [4.69, 9.17) is 29.5 Å².